The Hall–Kier alpha value is -1.69. The predicted molar refractivity (Wildman–Crippen MR) is 114 cm³/mol. The van der Waals surface area contributed by atoms with Crippen molar-refractivity contribution < 1.29 is 4.79 Å². The van der Waals surface area contributed by atoms with Crippen LogP contribution >= 0.6 is 11.3 Å². The zero-order valence-corrected chi connectivity index (χ0v) is 17.7. The number of amides is 1. The first-order valence-corrected chi connectivity index (χ1v) is 11.9. The fourth-order valence-corrected chi connectivity index (χ4v) is 5.89. The third-order valence-electron chi connectivity index (χ3n) is 6.40. The average molecular weight is 399 g/mol. The Kier molecular flexibility index (Phi) is 4.99. The van der Waals surface area contributed by atoms with Crippen LogP contribution in [0.25, 0.3) is 10.2 Å². The van der Waals surface area contributed by atoms with Crippen LogP contribution in [0.5, 0.6) is 0 Å². The van der Waals surface area contributed by atoms with Gasteiger partial charge in [0.2, 0.25) is 5.91 Å². The monoisotopic (exact) mass is 398 g/mol. The molecule has 0 unspecified atom stereocenters. The molecule has 2 aromatic heterocycles. The van der Waals surface area contributed by atoms with Gasteiger partial charge in [-0.15, -0.1) is 11.3 Å². The molecule has 3 heterocycles. The van der Waals surface area contributed by atoms with Crippen LogP contribution in [0.2, 0.25) is 0 Å². The van der Waals surface area contributed by atoms with Crippen molar-refractivity contribution >= 4 is 33.3 Å². The molecule has 0 spiro atoms. The summed E-state index contributed by atoms with van der Waals surface area (Å²) in [5.41, 5.74) is 1.53. The van der Waals surface area contributed by atoms with E-state index in [4.69, 9.17) is 9.97 Å². The van der Waals surface area contributed by atoms with Gasteiger partial charge in [0.05, 0.1) is 5.39 Å². The molecule has 28 heavy (non-hydrogen) atoms. The van der Waals surface area contributed by atoms with Crippen molar-refractivity contribution in [3.8, 4) is 0 Å². The molecule has 0 bridgehead atoms. The molecule has 0 atom stereocenters. The molecule has 5 nitrogen and oxygen atoms in total. The lowest BCUT2D eigenvalue weighted by atomic mass is 10.1. The Balaban J connectivity index is 1.49. The average Bonchev–Trinajstić information content (AvgIpc) is 3.53. The fraction of sp³-hybridized carbons (Fsp3) is 0.682. The van der Waals surface area contributed by atoms with E-state index < -0.39 is 0 Å². The van der Waals surface area contributed by atoms with Crippen LogP contribution in [-0.2, 0) is 17.6 Å². The van der Waals surface area contributed by atoms with E-state index in [1.807, 2.05) is 16.2 Å². The number of thiophene rings is 1. The number of carbonyl (C=O) groups excluding carboxylic acids is 1. The van der Waals surface area contributed by atoms with Gasteiger partial charge in [0.25, 0.3) is 0 Å². The second-order valence-corrected chi connectivity index (χ2v) is 9.63. The van der Waals surface area contributed by atoms with Gasteiger partial charge in [0.15, 0.2) is 0 Å². The number of aryl methyl sites for hydroxylation is 2. The predicted octanol–water partition coefficient (Wildman–Crippen LogP) is 4.29. The molecule has 5 rings (SSSR count). The highest BCUT2D eigenvalue weighted by Crippen LogP contribution is 2.44. The lowest BCUT2D eigenvalue weighted by Gasteiger charge is -2.36. The van der Waals surface area contributed by atoms with Gasteiger partial charge < -0.3 is 9.80 Å². The summed E-state index contributed by atoms with van der Waals surface area (Å²) >= 11 is 1.92. The lowest BCUT2D eigenvalue weighted by Crippen LogP contribution is -2.49. The maximum absolute atomic E-state index is 12.3. The largest absolute Gasteiger partial charge is 0.352 e. The van der Waals surface area contributed by atoms with Gasteiger partial charge in [-0.2, -0.15) is 0 Å². The Labute approximate surface area is 171 Å². The van der Waals surface area contributed by atoms with E-state index in [0.717, 1.165) is 44.2 Å². The maximum atomic E-state index is 12.3. The standard InChI is InChI=1S/C22H30N4OS/c1-2-6-18(27)25-11-13-26(14-12-25)21-19-16-7-4-3-5-8-17(16)28-22(19)24-20(23-21)15-9-10-15/h15H,2-14H2,1H3. The fourth-order valence-electron chi connectivity index (χ4n) is 4.62. The maximum Gasteiger partial charge on any atom is 0.222 e. The van der Waals surface area contributed by atoms with Crippen molar-refractivity contribution in [2.45, 2.75) is 70.6 Å². The highest BCUT2D eigenvalue weighted by Gasteiger charge is 2.31. The molecule has 0 aromatic carbocycles. The molecule has 2 aliphatic carbocycles. The van der Waals surface area contributed by atoms with E-state index in [1.165, 1.54) is 60.7 Å². The van der Waals surface area contributed by atoms with Crippen molar-refractivity contribution in [3.05, 3.63) is 16.3 Å². The molecule has 0 N–H and O–H groups in total. The summed E-state index contributed by atoms with van der Waals surface area (Å²) in [7, 11) is 0. The van der Waals surface area contributed by atoms with Crippen LogP contribution in [0.3, 0.4) is 0 Å². The van der Waals surface area contributed by atoms with Crippen LogP contribution in [0.1, 0.15) is 74.1 Å². The first-order chi connectivity index (χ1) is 13.7. The Bertz CT molecular complexity index is 880. The number of piperazine rings is 1. The number of nitrogens with zero attached hydrogens (tertiary/aromatic N) is 4. The van der Waals surface area contributed by atoms with Gasteiger partial charge in [0.1, 0.15) is 16.5 Å². The summed E-state index contributed by atoms with van der Waals surface area (Å²) in [6, 6.07) is 0. The number of hydrogen-bond donors (Lipinski definition) is 0. The molecule has 3 aliphatic rings. The van der Waals surface area contributed by atoms with E-state index in [9.17, 15) is 4.79 Å². The number of aromatic nitrogens is 2. The molecular weight excluding hydrogens is 368 g/mol. The quantitative estimate of drug-likeness (QED) is 0.721. The first-order valence-electron chi connectivity index (χ1n) is 11.1. The highest BCUT2D eigenvalue weighted by molar-refractivity contribution is 7.19. The van der Waals surface area contributed by atoms with Gasteiger partial charge in [-0.05, 0) is 50.5 Å². The molecule has 6 heteroatoms. The van der Waals surface area contributed by atoms with E-state index in [1.54, 1.807) is 4.88 Å². The highest BCUT2D eigenvalue weighted by atomic mass is 32.1. The number of hydrogen-bond acceptors (Lipinski definition) is 5. The Morgan fingerprint density at radius 3 is 2.61 bits per heavy atom. The van der Waals surface area contributed by atoms with Crippen molar-refractivity contribution in [2.24, 2.45) is 0 Å². The third-order valence-corrected chi connectivity index (χ3v) is 7.59. The normalized spacial score (nSPS) is 20.3. The van der Waals surface area contributed by atoms with Gasteiger partial charge in [-0.1, -0.05) is 13.3 Å². The number of anilines is 1. The second kappa shape index (κ2) is 7.62. The molecule has 0 radical (unpaired) electrons. The molecule has 1 aliphatic heterocycles. The molecule has 150 valence electrons. The van der Waals surface area contributed by atoms with Crippen LogP contribution in [0, 0.1) is 0 Å². The molecule has 2 aromatic rings. The van der Waals surface area contributed by atoms with Crippen LogP contribution < -0.4 is 4.90 Å². The lowest BCUT2D eigenvalue weighted by molar-refractivity contribution is -0.131. The van der Waals surface area contributed by atoms with E-state index >= 15 is 0 Å². The van der Waals surface area contributed by atoms with Crippen molar-refractivity contribution in [1.29, 1.82) is 0 Å². The minimum atomic E-state index is 0.304. The molecular formula is C22H30N4OS. The van der Waals surface area contributed by atoms with Gasteiger partial charge in [-0.3, -0.25) is 4.79 Å². The SMILES string of the molecule is CCCC(=O)N1CCN(c2nc(C3CC3)nc3sc4c(c23)CCCCC4)CC1. The molecule has 2 fully saturated rings. The van der Waals surface area contributed by atoms with Crippen molar-refractivity contribution in [3.63, 3.8) is 0 Å². The van der Waals surface area contributed by atoms with Gasteiger partial charge in [0, 0.05) is 43.4 Å². The van der Waals surface area contributed by atoms with Crippen LogP contribution in [-0.4, -0.2) is 47.0 Å². The molecule has 1 saturated heterocycles. The van der Waals surface area contributed by atoms with Crippen molar-refractivity contribution in [1.82, 2.24) is 14.9 Å². The third kappa shape index (κ3) is 3.40. The summed E-state index contributed by atoms with van der Waals surface area (Å²) in [5.74, 6) is 3.09. The smallest absolute Gasteiger partial charge is 0.222 e. The zero-order chi connectivity index (χ0) is 19.1. The zero-order valence-electron chi connectivity index (χ0n) is 16.9. The van der Waals surface area contributed by atoms with Crippen LogP contribution in [0.4, 0.5) is 5.82 Å². The summed E-state index contributed by atoms with van der Waals surface area (Å²) in [6.07, 6.45) is 10.3. The second-order valence-electron chi connectivity index (χ2n) is 8.54. The Morgan fingerprint density at radius 2 is 1.86 bits per heavy atom. The summed E-state index contributed by atoms with van der Waals surface area (Å²) in [4.78, 5) is 29.6. The minimum Gasteiger partial charge on any atom is -0.352 e. The van der Waals surface area contributed by atoms with Crippen molar-refractivity contribution in [2.75, 3.05) is 31.1 Å². The van der Waals surface area contributed by atoms with Gasteiger partial charge in [-0.25, -0.2) is 9.97 Å². The minimum absolute atomic E-state index is 0.304. The van der Waals surface area contributed by atoms with E-state index in [2.05, 4.69) is 11.8 Å². The Morgan fingerprint density at radius 1 is 1.07 bits per heavy atom. The molecule has 1 saturated carbocycles. The number of rotatable bonds is 4. The van der Waals surface area contributed by atoms with E-state index in [-0.39, 0.29) is 0 Å². The first kappa shape index (κ1) is 18.3. The van der Waals surface area contributed by atoms with Gasteiger partial charge >= 0.3 is 0 Å². The number of fused-ring (bicyclic) bond motifs is 3. The summed E-state index contributed by atoms with van der Waals surface area (Å²) in [5, 5.41) is 1.33. The summed E-state index contributed by atoms with van der Waals surface area (Å²) < 4.78 is 0. The van der Waals surface area contributed by atoms with Crippen LogP contribution in [0.15, 0.2) is 0 Å². The molecule has 1 amide bonds. The summed E-state index contributed by atoms with van der Waals surface area (Å²) in [6.45, 7) is 5.48. The number of carbonyl (C=O) groups is 1. The topological polar surface area (TPSA) is 49.3 Å². The van der Waals surface area contributed by atoms with E-state index in [0.29, 0.717) is 18.2 Å².